The number of nitrogens with two attached hydrogens (primary N) is 1. The fraction of sp³-hybridized carbons (Fsp3) is 0.429. The summed E-state index contributed by atoms with van der Waals surface area (Å²) in [5.74, 6) is 7.41. The molecule has 1 unspecified atom stereocenters. The van der Waals surface area contributed by atoms with Gasteiger partial charge >= 0.3 is 0 Å². The number of halogens is 1. The van der Waals surface area contributed by atoms with E-state index in [1.807, 2.05) is 19.1 Å². The zero-order valence-electron chi connectivity index (χ0n) is 15.5. The van der Waals surface area contributed by atoms with Crippen molar-refractivity contribution in [2.24, 2.45) is 5.73 Å². The predicted molar refractivity (Wildman–Crippen MR) is 112 cm³/mol. The highest BCUT2D eigenvalue weighted by molar-refractivity contribution is 7.12. The number of hydrogen-bond acceptors (Lipinski definition) is 4. The summed E-state index contributed by atoms with van der Waals surface area (Å²) in [6.07, 6.45) is 4.64. The van der Waals surface area contributed by atoms with Crippen LogP contribution in [0.3, 0.4) is 0 Å². The maximum absolute atomic E-state index is 9.20. The number of rotatable bonds is 8. The van der Waals surface area contributed by atoms with Crippen molar-refractivity contribution in [1.29, 1.82) is 0 Å². The highest BCUT2D eigenvalue weighted by Crippen LogP contribution is 2.20. The smallest absolute Gasteiger partial charge is 0.118 e. The van der Waals surface area contributed by atoms with Crippen LogP contribution in [0.1, 0.15) is 41.5 Å². The lowest BCUT2D eigenvalue weighted by Gasteiger charge is -2.20. The van der Waals surface area contributed by atoms with Crippen LogP contribution >= 0.6 is 23.7 Å². The van der Waals surface area contributed by atoms with Gasteiger partial charge in [-0.25, -0.2) is 0 Å². The molecule has 1 heterocycles. The number of thiophene rings is 1. The van der Waals surface area contributed by atoms with Crippen LogP contribution in [0.2, 0.25) is 0 Å². The zero-order chi connectivity index (χ0) is 18.1. The van der Waals surface area contributed by atoms with E-state index in [-0.39, 0.29) is 19.0 Å². The highest BCUT2D eigenvalue weighted by Gasteiger charge is 2.16. The lowest BCUT2D eigenvalue weighted by Crippen LogP contribution is -2.40. The molecule has 5 heteroatoms. The van der Waals surface area contributed by atoms with Crippen LogP contribution in [-0.2, 0) is 12.8 Å². The van der Waals surface area contributed by atoms with Gasteiger partial charge in [-0.15, -0.1) is 23.7 Å². The highest BCUT2D eigenvalue weighted by atomic mass is 35.5. The van der Waals surface area contributed by atoms with Gasteiger partial charge in [-0.3, -0.25) is 0 Å². The first-order valence-corrected chi connectivity index (χ1v) is 9.44. The monoisotopic (exact) mass is 393 g/mol. The third-order valence-electron chi connectivity index (χ3n) is 4.10. The van der Waals surface area contributed by atoms with E-state index in [2.05, 4.69) is 36.1 Å². The van der Waals surface area contributed by atoms with E-state index in [9.17, 15) is 5.11 Å². The molecular weight excluding hydrogens is 366 g/mol. The summed E-state index contributed by atoms with van der Waals surface area (Å²) in [7, 11) is 1.68. The molecule has 26 heavy (non-hydrogen) atoms. The molecule has 0 fully saturated rings. The van der Waals surface area contributed by atoms with Gasteiger partial charge in [-0.05, 0) is 62.4 Å². The van der Waals surface area contributed by atoms with Gasteiger partial charge in [-0.2, -0.15) is 0 Å². The van der Waals surface area contributed by atoms with Gasteiger partial charge in [0.1, 0.15) is 5.75 Å². The molecule has 1 aromatic carbocycles. The number of benzene rings is 1. The van der Waals surface area contributed by atoms with Gasteiger partial charge in [0.25, 0.3) is 0 Å². The normalized spacial score (nSPS) is 12.5. The Morgan fingerprint density at radius 3 is 2.54 bits per heavy atom. The van der Waals surface area contributed by atoms with E-state index in [1.165, 1.54) is 10.4 Å². The minimum absolute atomic E-state index is 0. The predicted octanol–water partition coefficient (Wildman–Crippen LogP) is 4.20. The summed E-state index contributed by atoms with van der Waals surface area (Å²) in [6.45, 7) is 1.89. The van der Waals surface area contributed by atoms with Crippen molar-refractivity contribution >= 4 is 23.7 Å². The van der Waals surface area contributed by atoms with E-state index in [4.69, 9.17) is 10.5 Å². The number of aliphatic hydroxyl groups excluding tert-OH is 1. The molecule has 3 nitrogen and oxygen atoms in total. The Hall–Kier alpha value is -1.51. The summed E-state index contributed by atoms with van der Waals surface area (Å²) >= 11 is 1.72. The molecule has 1 aromatic heterocycles. The number of hydrogen-bond donors (Lipinski definition) is 2. The molecule has 0 saturated heterocycles. The van der Waals surface area contributed by atoms with Crippen LogP contribution in [-0.4, -0.2) is 24.4 Å². The Kier molecular flexibility index (Phi) is 9.75. The van der Waals surface area contributed by atoms with Crippen LogP contribution in [0.4, 0.5) is 0 Å². The molecule has 0 bridgehead atoms. The van der Waals surface area contributed by atoms with Crippen LogP contribution in [0.15, 0.2) is 36.4 Å². The molecule has 0 aliphatic rings. The van der Waals surface area contributed by atoms with E-state index >= 15 is 0 Å². The maximum atomic E-state index is 9.20. The van der Waals surface area contributed by atoms with Crippen molar-refractivity contribution < 1.29 is 9.84 Å². The Labute approximate surface area is 167 Å². The first-order chi connectivity index (χ1) is 12.0. The van der Waals surface area contributed by atoms with Crippen molar-refractivity contribution in [3.8, 4) is 17.6 Å². The molecule has 0 radical (unpaired) electrons. The summed E-state index contributed by atoms with van der Waals surface area (Å²) in [5, 5.41) is 9.20. The van der Waals surface area contributed by atoms with Crippen molar-refractivity contribution in [3.63, 3.8) is 0 Å². The molecule has 0 aliphatic heterocycles. The molecular formula is C21H28ClNO2S. The zero-order valence-corrected chi connectivity index (χ0v) is 17.1. The third kappa shape index (κ3) is 7.80. The number of methoxy groups -OCH3 is 1. The van der Waals surface area contributed by atoms with Crippen LogP contribution in [0.25, 0.3) is 0 Å². The van der Waals surface area contributed by atoms with E-state index in [1.54, 1.807) is 18.4 Å². The van der Waals surface area contributed by atoms with Gasteiger partial charge in [0.05, 0.1) is 18.6 Å². The molecule has 2 aromatic rings. The molecule has 0 saturated carbocycles. The van der Waals surface area contributed by atoms with Crippen molar-refractivity contribution in [1.82, 2.24) is 0 Å². The lowest BCUT2D eigenvalue weighted by atomic mass is 9.98. The average molecular weight is 394 g/mol. The van der Waals surface area contributed by atoms with Crippen LogP contribution in [0, 0.1) is 11.8 Å². The standard InChI is InChI=1S/C21H27NO2S.ClH/c1-21(22,16-23)15-14-20-13-12-19(25-20)7-5-3-4-6-17-8-10-18(24-2)11-9-17;/h8-13,23H,3-4,6,14-16,22H2,1-2H3;1H. The van der Waals surface area contributed by atoms with Gasteiger partial charge < -0.3 is 15.6 Å². The minimum Gasteiger partial charge on any atom is -0.497 e. The number of unbranched alkanes of at least 4 members (excludes halogenated alkanes) is 1. The maximum Gasteiger partial charge on any atom is 0.118 e. The third-order valence-corrected chi connectivity index (χ3v) is 5.16. The van der Waals surface area contributed by atoms with Crippen LogP contribution < -0.4 is 10.5 Å². The first kappa shape index (κ1) is 22.5. The summed E-state index contributed by atoms with van der Waals surface area (Å²) < 4.78 is 5.16. The quantitative estimate of drug-likeness (QED) is 0.522. The molecule has 142 valence electrons. The first-order valence-electron chi connectivity index (χ1n) is 8.63. The molecule has 3 N–H and O–H groups in total. The van der Waals surface area contributed by atoms with E-state index < -0.39 is 5.54 Å². The summed E-state index contributed by atoms with van der Waals surface area (Å²) in [6, 6.07) is 12.4. The van der Waals surface area contributed by atoms with Crippen molar-refractivity contribution in [2.75, 3.05) is 13.7 Å². The fourth-order valence-electron chi connectivity index (χ4n) is 2.39. The second-order valence-electron chi connectivity index (χ2n) is 6.58. The Balaban J connectivity index is 0.00000338. The van der Waals surface area contributed by atoms with E-state index in [0.29, 0.717) is 0 Å². The topological polar surface area (TPSA) is 55.5 Å². The number of aryl methyl sites for hydroxylation is 2. The van der Waals surface area contributed by atoms with Gasteiger partial charge in [-0.1, -0.05) is 24.0 Å². The summed E-state index contributed by atoms with van der Waals surface area (Å²) in [4.78, 5) is 2.37. The molecule has 1 atom stereocenters. The number of aliphatic hydroxyl groups is 1. The Morgan fingerprint density at radius 2 is 1.88 bits per heavy atom. The second-order valence-corrected chi connectivity index (χ2v) is 7.75. The molecule has 0 aliphatic carbocycles. The largest absolute Gasteiger partial charge is 0.497 e. The second kappa shape index (κ2) is 11.3. The number of ether oxygens (including phenoxy) is 1. The van der Waals surface area contributed by atoms with Crippen molar-refractivity contribution in [3.05, 3.63) is 51.7 Å². The Bertz CT molecular complexity index is 714. The fourth-order valence-corrected chi connectivity index (χ4v) is 3.27. The minimum atomic E-state index is -0.503. The Morgan fingerprint density at radius 1 is 1.15 bits per heavy atom. The van der Waals surface area contributed by atoms with Crippen LogP contribution in [0.5, 0.6) is 5.75 Å². The van der Waals surface area contributed by atoms with E-state index in [0.717, 1.165) is 42.7 Å². The van der Waals surface area contributed by atoms with Gasteiger partial charge in [0.2, 0.25) is 0 Å². The lowest BCUT2D eigenvalue weighted by molar-refractivity contribution is 0.201. The van der Waals surface area contributed by atoms with Gasteiger partial charge in [0.15, 0.2) is 0 Å². The molecule has 0 amide bonds. The molecule has 0 spiro atoms. The van der Waals surface area contributed by atoms with Gasteiger partial charge in [0, 0.05) is 16.8 Å². The SMILES string of the molecule is COc1ccc(CCCC#Cc2ccc(CCC(C)(N)CO)s2)cc1.Cl. The van der Waals surface area contributed by atoms with Crippen molar-refractivity contribution in [2.45, 2.75) is 44.6 Å². The average Bonchev–Trinajstić information content (AvgIpc) is 3.08. The summed E-state index contributed by atoms with van der Waals surface area (Å²) in [5.41, 5.74) is 6.78. The molecule has 2 rings (SSSR count).